The second-order valence-electron chi connectivity index (χ2n) is 11.2. The molecule has 8 bridgehead atoms. The summed E-state index contributed by atoms with van der Waals surface area (Å²) in [5, 5.41) is 19.0. The van der Waals surface area contributed by atoms with Gasteiger partial charge in [-0.05, 0) is 112 Å². The van der Waals surface area contributed by atoms with Crippen molar-refractivity contribution in [3.05, 3.63) is 69.2 Å². The van der Waals surface area contributed by atoms with Crippen LogP contribution in [-0.2, 0) is 20.8 Å². The molecular formula is C34H34N4O6. The molecule has 0 fully saturated rings. The van der Waals surface area contributed by atoms with Crippen LogP contribution in [0.5, 0.6) is 0 Å². The minimum Gasteiger partial charge on any atom is -0.481 e. The molecule has 3 aromatic heterocycles. The minimum absolute atomic E-state index is 0.0393. The number of aromatic nitrogens is 4. The Balaban J connectivity index is 2.05. The molecular weight excluding hydrogens is 560 g/mol. The van der Waals surface area contributed by atoms with Crippen LogP contribution in [0.3, 0.4) is 0 Å². The first-order valence-electron chi connectivity index (χ1n) is 15.2. The van der Waals surface area contributed by atoms with Crippen LogP contribution in [0, 0.1) is 13.8 Å². The van der Waals surface area contributed by atoms with Crippen LogP contribution in [0.1, 0.15) is 99.5 Å². The second kappa shape index (κ2) is 11.5. The van der Waals surface area contributed by atoms with E-state index in [2.05, 4.69) is 9.97 Å². The van der Waals surface area contributed by atoms with Crippen LogP contribution in [-0.4, -0.2) is 53.7 Å². The van der Waals surface area contributed by atoms with E-state index in [0.29, 0.717) is 66.9 Å². The van der Waals surface area contributed by atoms with Gasteiger partial charge in [0.05, 0.1) is 31.0 Å². The number of hydrogen-bond acceptors (Lipinski definition) is 6. The molecule has 44 heavy (non-hydrogen) atoms. The summed E-state index contributed by atoms with van der Waals surface area (Å²) < 4.78 is 18.6. The summed E-state index contributed by atoms with van der Waals surface area (Å²) in [6, 6.07) is 3.24. The topological polar surface area (TPSA) is 166 Å². The van der Waals surface area contributed by atoms with Gasteiger partial charge in [-0.3, -0.25) is 19.2 Å². The average molecular weight is 597 g/mol. The molecule has 10 heteroatoms. The fourth-order valence-corrected chi connectivity index (χ4v) is 5.88. The lowest BCUT2D eigenvalue weighted by atomic mass is 10.00. The Morgan fingerprint density at radius 2 is 1.27 bits per heavy atom. The highest BCUT2D eigenvalue weighted by Gasteiger charge is 2.23. The SMILES string of the molecule is [2H]c1c2nc(c([2H])c3[nH]c(cc4nc(cc5[nH]c1c(CCC(=O)O)c5C)C(C)=C4C(C)=O)c(C)c3C(C)=O)C(C)=C2CCC(=O)O. The Kier molecular flexibility index (Phi) is 7.25. The highest BCUT2D eigenvalue weighted by molar-refractivity contribution is 6.27. The number of Topliss-reactive ketones (excluding diaryl/α,β-unsaturated/α-hetero) is 2. The van der Waals surface area contributed by atoms with Gasteiger partial charge < -0.3 is 20.2 Å². The summed E-state index contributed by atoms with van der Waals surface area (Å²) in [6.45, 7) is 9.88. The number of H-pyrrole nitrogens is 2. The summed E-state index contributed by atoms with van der Waals surface area (Å²) >= 11 is 0. The molecule has 0 spiro atoms. The van der Waals surface area contributed by atoms with Gasteiger partial charge in [-0.15, -0.1) is 0 Å². The molecule has 4 N–H and O–H groups in total. The van der Waals surface area contributed by atoms with Crippen molar-refractivity contribution in [2.24, 2.45) is 0 Å². The lowest BCUT2D eigenvalue weighted by molar-refractivity contribution is -0.137. The molecule has 0 unspecified atom stereocenters. The summed E-state index contributed by atoms with van der Waals surface area (Å²) in [4.78, 5) is 65.0. The predicted octanol–water partition coefficient (Wildman–Crippen LogP) is 6.47. The summed E-state index contributed by atoms with van der Waals surface area (Å²) in [6.07, 6.45) is -0.293. The second-order valence-corrected chi connectivity index (χ2v) is 11.2. The number of allylic oxidation sites excluding steroid dienone is 4. The molecule has 0 aliphatic carbocycles. The zero-order chi connectivity index (χ0) is 33.8. The number of fused-ring (bicyclic) bond motifs is 8. The maximum absolute atomic E-state index is 12.9. The molecule has 5 rings (SSSR count). The summed E-state index contributed by atoms with van der Waals surface area (Å²) in [5.41, 5.74) is 6.89. The van der Waals surface area contributed by atoms with E-state index in [4.69, 9.17) is 9.97 Å². The molecule has 0 amide bonds. The van der Waals surface area contributed by atoms with E-state index in [0.717, 1.165) is 0 Å². The number of carbonyl (C=O) groups is 4. The molecule has 10 nitrogen and oxygen atoms in total. The van der Waals surface area contributed by atoms with Gasteiger partial charge in [0.25, 0.3) is 0 Å². The molecule has 2 aliphatic heterocycles. The van der Waals surface area contributed by atoms with E-state index in [1.807, 2.05) is 6.92 Å². The Hall–Kier alpha value is -5.12. The predicted molar refractivity (Wildman–Crippen MR) is 169 cm³/mol. The van der Waals surface area contributed by atoms with Crippen molar-refractivity contribution in [1.82, 2.24) is 19.9 Å². The third kappa shape index (κ3) is 5.50. The van der Waals surface area contributed by atoms with Gasteiger partial charge in [0.2, 0.25) is 0 Å². The quantitative estimate of drug-likeness (QED) is 0.215. The van der Waals surface area contributed by atoms with E-state index in [1.165, 1.54) is 13.8 Å². The zero-order valence-electron chi connectivity index (χ0n) is 27.4. The first kappa shape index (κ1) is 27.7. The number of hydrogen-bond donors (Lipinski definition) is 4. The molecule has 0 aromatic carbocycles. The number of ketones is 2. The number of aromatic amines is 2. The van der Waals surface area contributed by atoms with E-state index >= 15 is 0 Å². The first-order valence-corrected chi connectivity index (χ1v) is 14.2. The van der Waals surface area contributed by atoms with Crippen LogP contribution in [0.25, 0.3) is 44.4 Å². The molecule has 5 heterocycles. The van der Waals surface area contributed by atoms with Crippen LogP contribution < -0.4 is 0 Å². The minimum atomic E-state index is -1.04. The molecule has 0 atom stereocenters. The van der Waals surface area contributed by atoms with Gasteiger partial charge in [0.15, 0.2) is 11.6 Å². The van der Waals surface area contributed by atoms with Crippen molar-refractivity contribution in [2.75, 3.05) is 0 Å². The van der Waals surface area contributed by atoms with Gasteiger partial charge >= 0.3 is 11.9 Å². The fourth-order valence-electron chi connectivity index (χ4n) is 5.88. The Bertz CT molecular complexity index is 2130. The largest absolute Gasteiger partial charge is 0.481 e. The van der Waals surface area contributed by atoms with Gasteiger partial charge in [-0.1, -0.05) is 0 Å². The normalized spacial score (nSPS) is 13.7. The number of nitrogens with zero attached hydrogens (tertiary/aromatic N) is 2. The number of rotatable bonds is 8. The maximum atomic E-state index is 12.9. The molecule has 0 radical (unpaired) electrons. The molecule has 0 saturated heterocycles. The zero-order valence-corrected chi connectivity index (χ0v) is 25.4. The number of carboxylic acid groups (broad SMARTS) is 2. The van der Waals surface area contributed by atoms with Crippen molar-refractivity contribution in [2.45, 2.75) is 67.2 Å². The standard InChI is InChI=1S/C34H34N4O6/c1-15-21(7-9-31(41)42)27-14-28-22(8-10-32(43)44)16(2)24(36-28)12-29-34(20(6)40)18(4)26(38-29)13-30-33(19(5)39)17(3)25(37-30)11-23(15)35-27/h11-14,35,38H,7-10H2,1-6H3,(H,41,42)(H,43,44)/i12D,14D. The first-order chi connectivity index (χ1) is 21.6. The Morgan fingerprint density at radius 1 is 0.705 bits per heavy atom. The van der Waals surface area contributed by atoms with E-state index in [-0.39, 0.29) is 71.8 Å². The van der Waals surface area contributed by atoms with Crippen molar-refractivity contribution in [3.63, 3.8) is 0 Å². The maximum Gasteiger partial charge on any atom is 0.303 e. The van der Waals surface area contributed by atoms with Crippen LogP contribution >= 0.6 is 0 Å². The molecule has 0 saturated carbocycles. The number of carboxylic acids is 2. The smallest absolute Gasteiger partial charge is 0.303 e. The lowest BCUT2D eigenvalue weighted by Gasteiger charge is -2.03. The third-order valence-electron chi connectivity index (χ3n) is 8.21. The monoisotopic (exact) mass is 596 g/mol. The van der Waals surface area contributed by atoms with Crippen molar-refractivity contribution in [3.8, 4) is 0 Å². The number of nitrogens with one attached hydrogen (secondary N) is 2. The lowest BCUT2D eigenvalue weighted by Crippen LogP contribution is -1.98. The van der Waals surface area contributed by atoms with E-state index < -0.39 is 11.9 Å². The fraction of sp³-hybridized carbons (Fsp3) is 0.294. The van der Waals surface area contributed by atoms with Gasteiger partial charge in [-0.25, -0.2) is 9.97 Å². The van der Waals surface area contributed by atoms with Crippen molar-refractivity contribution in [1.29, 1.82) is 0 Å². The molecule has 3 aromatic rings. The van der Waals surface area contributed by atoms with Crippen molar-refractivity contribution >= 4 is 67.9 Å². The Labute approximate surface area is 256 Å². The highest BCUT2D eigenvalue weighted by Crippen LogP contribution is 2.36. The van der Waals surface area contributed by atoms with E-state index in [1.54, 1.807) is 32.9 Å². The van der Waals surface area contributed by atoms with Crippen molar-refractivity contribution < 1.29 is 32.1 Å². The molecule has 226 valence electrons. The van der Waals surface area contributed by atoms with Gasteiger partial charge in [0, 0.05) is 40.5 Å². The number of aliphatic carboxylic acids is 2. The average Bonchev–Trinajstić information content (AvgIpc) is 3.67. The summed E-state index contributed by atoms with van der Waals surface area (Å²) in [7, 11) is 0. The highest BCUT2D eigenvalue weighted by atomic mass is 16.4. The van der Waals surface area contributed by atoms with Gasteiger partial charge in [0.1, 0.15) is 0 Å². The number of aryl methyl sites for hydroxylation is 3. The van der Waals surface area contributed by atoms with Crippen LogP contribution in [0.2, 0.25) is 0 Å². The van der Waals surface area contributed by atoms with Crippen LogP contribution in [0.4, 0.5) is 0 Å². The van der Waals surface area contributed by atoms with Crippen LogP contribution in [0.15, 0.2) is 24.2 Å². The molecule has 2 aliphatic rings. The Morgan fingerprint density at radius 3 is 1.91 bits per heavy atom. The van der Waals surface area contributed by atoms with Gasteiger partial charge in [-0.2, -0.15) is 0 Å². The van der Waals surface area contributed by atoms with E-state index in [9.17, 15) is 32.1 Å². The third-order valence-corrected chi connectivity index (χ3v) is 8.21. The number of carbonyl (C=O) groups excluding carboxylic acids is 2. The summed E-state index contributed by atoms with van der Waals surface area (Å²) in [5.74, 6) is -2.55.